The number of rotatable bonds is 2. The van der Waals surface area contributed by atoms with Gasteiger partial charge in [0.2, 0.25) is 0 Å². The quantitative estimate of drug-likeness (QED) is 0.665. The molecule has 2 fully saturated rings. The van der Waals surface area contributed by atoms with Crippen LogP contribution in [0.5, 0.6) is 0 Å². The molecule has 3 amide bonds. The van der Waals surface area contributed by atoms with Crippen LogP contribution >= 0.6 is 0 Å². The van der Waals surface area contributed by atoms with E-state index in [1.54, 1.807) is 4.90 Å². The molecular formula is C21H33N5O4. The molecule has 9 heteroatoms. The standard InChI is InChI=1S/C21H33N5O4/c1-15(2)17-14-16(22-26(17)21(3,4)5)18(27)23-6-8-24(9-7-23)19(28)20(29)25-10-12-30-13-11-25/h14-15H,6-13H2,1-5H3. The van der Waals surface area contributed by atoms with Gasteiger partial charge in [0.25, 0.3) is 5.91 Å². The van der Waals surface area contributed by atoms with Gasteiger partial charge in [0.05, 0.1) is 18.8 Å². The molecule has 0 spiro atoms. The van der Waals surface area contributed by atoms with Gasteiger partial charge in [0.15, 0.2) is 5.69 Å². The summed E-state index contributed by atoms with van der Waals surface area (Å²) in [5.41, 5.74) is 1.23. The van der Waals surface area contributed by atoms with Crippen molar-refractivity contribution in [2.24, 2.45) is 0 Å². The maximum Gasteiger partial charge on any atom is 0.312 e. The molecule has 0 saturated carbocycles. The number of amides is 3. The fourth-order valence-corrected chi connectivity index (χ4v) is 3.76. The zero-order chi connectivity index (χ0) is 22.1. The lowest BCUT2D eigenvalue weighted by atomic mass is 10.1. The molecule has 1 aromatic rings. The Hall–Kier alpha value is -2.42. The number of carbonyl (C=O) groups excluding carboxylic acids is 3. The molecule has 30 heavy (non-hydrogen) atoms. The minimum absolute atomic E-state index is 0.133. The highest BCUT2D eigenvalue weighted by atomic mass is 16.5. The van der Waals surface area contributed by atoms with E-state index in [1.807, 2.05) is 10.7 Å². The second kappa shape index (κ2) is 8.75. The summed E-state index contributed by atoms with van der Waals surface area (Å²) in [7, 11) is 0. The van der Waals surface area contributed by atoms with E-state index in [0.717, 1.165) is 5.69 Å². The Balaban J connectivity index is 1.63. The second-order valence-corrected chi connectivity index (χ2v) is 9.18. The lowest BCUT2D eigenvalue weighted by Gasteiger charge is -2.35. The maximum atomic E-state index is 13.0. The van der Waals surface area contributed by atoms with E-state index in [2.05, 4.69) is 39.7 Å². The molecule has 3 heterocycles. The number of hydrogen-bond acceptors (Lipinski definition) is 5. The first kappa shape index (κ1) is 22.3. The Labute approximate surface area is 177 Å². The van der Waals surface area contributed by atoms with E-state index in [1.165, 1.54) is 9.80 Å². The highest BCUT2D eigenvalue weighted by Gasteiger charge is 2.33. The van der Waals surface area contributed by atoms with Crippen LogP contribution in [0.1, 0.15) is 56.7 Å². The third-order valence-electron chi connectivity index (χ3n) is 5.52. The van der Waals surface area contributed by atoms with Gasteiger partial charge < -0.3 is 19.4 Å². The van der Waals surface area contributed by atoms with Gasteiger partial charge in [0.1, 0.15) is 0 Å². The molecule has 2 aliphatic rings. The minimum Gasteiger partial charge on any atom is -0.378 e. The number of piperazine rings is 1. The summed E-state index contributed by atoms with van der Waals surface area (Å²) < 4.78 is 7.15. The number of ether oxygens (including phenoxy) is 1. The van der Waals surface area contributed by atoms with Crippen LogP contribution in [0.15, 0.2) is 6.07 Å². The van der Waals surface area contributed by atoms with E-state index >= 15 is 0 Å². The highest BCUT2D eigenvalue weighted by Crippen LogP contribution is 2.24. The third kappa shape index (κ3) is 4.66. The van der Waals surface area contributed by atoms with E-state index in [4.69, 9.17) is 4.74 Å². The van der Waals surface area contributed by atoms with Gasteiger partial charge in [-0.2, -0.15) is 5.10 Å². The number of hydrogen-bond donors (Lipinski definition) is 0. The number of aromatic nitrogens is 2. The molecule has 0 radical (unpaired) electrons. The fraction of sp³-hybridized carbons (Fsp3) is 0.714. The van der Waals surface area contributed by atoms with Crippen molar-refractivity contribution in [2.45, 2.75) is 46.1 Å². The monoisotopic (exact) mass is 419 g/mol. The molecule has 0 aliphatic carbocycles. The average molecular weight is 420 g/mol. The van der Waals surface area contributed by atoms with Crippen molar-refractivity contribution < 1.29 is 19.1 Å². The first-order chi connectivity index (χ1) is 14.1. The zero-order valence-corrected chi connectivity index (χ0v) is 18.7. The lowest BCUT2D eigenvalue weighted by Crippen LogP contribution is -2.55. The average Bonchev–Trinajstić information content (AvgIpc) is 3.19. The highest BCUT2D eigenvalue weighted by molar-refractivity contribution is 6.34. The van der Waals surface area contributed by atoms with Crippen molar-refractivity contribution >= 4 is 17.7 Å². The third-order valence-corrected chi connectivity index (χ3v) is 5.52. The smallest absolute Gasteiger partial charge is 0.312 e. The molecule has 0 aromatic carbocycles. The topological polar surface area (TPSA) is 88.0 Å². The molecule has 9 nitrogen and oxygen atoms in total. The zero-order valence-electron chi connectivity index (χ0n) is 18.7. The van der Waals surface area contributed by atoms with Crippen LogP contribution < -0.4 is 0 Å². The van der Waals surface area contributed by atoms with Gasteiger partial charge in [0, 0.05) is 45.0 Å². The van der Waals surface area contributed by atoms with Crippen molar-refractivity contribution in [3.8, 4) is 0 Å². The Kier molecular flexibility index (Phi) is 6.50. The van der Waals surface area contributed by atoms with Gasteiger partial charge in [-0.3, -0.25) is 19.1 Å². The van der Waals surface area contributed by atoms with E-state index in [9.17, 15) is 14.4 Å². The molecule has 2 aliphatic heterocycles. The molecule has 1 aromatic heterocycles. The Morgan fingerprint density at radius 1 is 0.900 bits per heavy atom. The van der Waals surface area contributed by atoms with E-state index in [-0.39, 0.29) is 17.4 Å². The normalized spacial score (nSPS) is 18.1. The predicted octanol–water partition coefficient (Wildman–Crippen LogP) is 0.905. The summed E-state index contributed by atoms with van der Waals surface area (Å²) in [6, 6.07) is 1.87. The molecule has 166 valence electrons. The van der Waals surface area contributed by atoms with Gasteiger partial charge in [-0.05, 0) is 32.8 Å². The lowest BCUT2D eigenvalue weighted by molar-refractivity contribution is -0.154. The van der Waals surface area contributed by atoms with Crippen LogP contribution in [0.3, 0.4) is 0 Å². The van der Waals surface area contributed by atoms with Crippen LogP contribution in [0.25, 0.3) is 0 Å². The van der Waals surface area contributed by atoms with Crippen LogP contribution in [0.2, 0.25) is 0 Å². The van der Waals surface area contributed by atoms with Crippen molar-refractivity contribution in [1.29, 1.82) is 0 Å². The molecule has 0 bridgehead atoms. The first-order valence-electron chi connectivity index (χ1n) is 10.6. The summed E-state index contributed by atoms with van der Waals surface area (Å²) in [5, 5.41) is 4.59. The Morgan fingerprint density at radius 2 is 1.40 bits per heavy atom. The molecular weight excluding hydrogens is 386 g/mol. The largest absolute Gasteiger partial charge is 0.378 e. The van der Waals surface area contributed by atoms with Crippen LogP contribution in [0, 0.1) is 0 Å². The van der Waals surface area contributed by atoms with Gasteiger partial charge in [-0.1, -0.05) is 13.8 Å². The van der Waals surface area contributed by atoms with E-state index in [0.29, 0.717) is 58.2 Å². The molecule has 2 saturated heterocycles. The van der Waals surface area contributed by atoms with Crippen molar-refractivity contribution in [3.63, 3.8) is 0 Å². The fourth-order valence-electron chi connectivity index (χ4n) is 3.76. The van der Waals surface area contributed by atoms with Crippen molar-refractivity contribution in [2.75, 3.05) is 52.5 Å². The summed E-state index contributed by atoms with van der Waals surface area (Å²) in [6.45, 7) is 13.6. The number of carbonyl (C=O) groups is 3. The summed E-state index contributed by atoms with van der Waals surface area (Å²) in [6.07, 6.45) is 0. The van der Waals surface area contributed by atoms with Crippen LogP contribution in [-0.4, -0.2) is 94.7 Å². The van der Waals surface area contributed by atoms with Gasteiger partial charge in [-0.15, -0.1) is 0 Å². The first-order valence-corrected chi connectivity index (χ1v) is 10.6. The molecule has 3 rings (SSSR count). The van der Waals surface area contributed by atoms with Crippen molar-refractivity contribution in [1.82, 2.24) is 24.5 Å². The Bertz CT molecular complexity index is 797. The summed E-state index contributed by atoms with van der Waals surface area (Å²) in [5.74, 6) is -0.864. The summed E-state index contributed by atoms with van der Waals surface area (Å²) in [4.78, 5) is 42.8. The SMILES string of the molecule is CC(C)c1cc(C(=O)N2CCN(C(=O)C(=O)N3CCOCC3)CC2)nn1C(C)(C)C. The molecule has 0 atom stereocenters. The van der Waals surface area contributed by atoms with Crippen LogP contribution in [0.4, 0.5) is 0 Å². The van der Waals surface area contributed by atoms with Crippen molar-refractivity contribution in [3.05, 3.63) is 17.5 Å². The van der Waals surface area contributed by atoms with Gasteiger partial charge >= 0.3 is 11.8 Å². The molecule has 0 N–H and O–H groups in total. The minimum atomic E-state index is -0.497. The maximum absolute atomic E-state index is 13.0. The number of nitrogens with zero attached hydrogens (tertiary/aromatic N) is 5. The second-order valence-electron chi connectivity index (χ2n) is 9.18. The van der Waals surface area contributed by atoms with Gasteiger partial charge in [-0.25, -0.2) is 0 Å². The van der Waals surface area contributed by atoms with Crippen LogP contribution in [-0.2, 0) is 19.9 Å². The predicted molar refractivity (Wildman–Crippen MR) is 111 cm³/mol. The van der Waals surface area contributed by atoms with E-state index < -0.39 is 11.8 Å². The Morgan fingerprint density at radius 3 is 1.87 bits per heavy atom. The molecule has 0 unspecified atom stereocenters. The summed E-state index contributed by atoms with van der Waals surface area (Å²) >= 11 is 0. The number of morpholine rings is 1.